The summed E-state index contributed by atoms with van der Waals surface area (Å²) in [4.78, 5) is 15.2. The second kappa shape index (κ2) is 6.81. The smallest absolute Gasteiger partial charge is 0.266 e. The minimum absolute atomic E-state index is 0.0233. The highest BCUT2D eigenvalue weighted by Crippen LogP contribution is 2.38. The lowest BCUT2D eigenvalue weighted by Gasteiger charge is -2.21. The fraction of sp³-hybridized carbons (Fsp3) is 0.300. The van der Waals surface area contributed by atoms with E-state index in [0.717, 1.165) is 24.2 Å². The van der Waals surface area contributed by atoms with Crippen LogP contribution in [0.1, 0.15) is 37.0 Å². The molecule has 1 aromatic heterocycles. The molecule has 0 bridgehead atoms. The van der Waals surface area contributed by atoms with Gasteiger partial charge in [-0.2, -0.15) is 0 Å². The Balaban J connectivity index is 1.56. The molecule has 2 aromatic rings. The second-order valence-corrected chi connectivity index (χ2v) is 8.23. The minimum Gasteiger partial charge on any atom is -0.457 e. The van der Waals surface area contributed by atoms with Gasteiger partial charge in [0.2, 0.25) is 0 Å². The number of nitrogens with zero attached hydrogens (tertiary/aromatic N) is 1. The van der Waals surface area contributed by atoms with Crippen molar-refractivity contribution in [2.45, 2.75) is 38.6 Å². The Labute approximate surface area is 157 Å². The molecule has 4 rings (SSSR count). The second-order valence-electron chi connectivity index (χ2n) is 6.56. The van der Waals surface area contributed by atoms with Gasteiger partial charge in [0, 0.05) is 17.7 Å². The third kappa shape index (κ3) is 3.31. The summed E-state index contributed by atoms with van der Waals surface area (Å²) in [6.07, 6.45) is 6.28. The number of rotatable bonds is 3. The maximum Gasteiger partial charge on any atom is 0.266 e. The van der Waals surface area contributed by atoms with Crippen LogP contribution in [0.2, 0.25) is 0 Å². The van der Waals surface area contributed by atoms with Gasteiger partial charge >= 0.3 is 0 Å². The van der Waals surface area contributed by atoms with Crippen molar-refractivity contribution in [3.05, 3.63) is 52.6 Å². The van der Waals surface area contributed by atoms with Crippen molar-refractivity contribution in [2.24, 2.45) is 0 Å². The Bertz CT molecular complexity index is 845. The first-order chi connectivity index (χ1) is 12.1. The summed E-state index contributed by atoms with van der Waals surface area (Å²) >= 11 is 6.82. The number of carbonyl (C=O) groups is 1. The lowest BCUT2D eigenvalue weighted by molar-refractivity contribution is -0.123. The number of thioether (sulfide) groups is 1. The van der Waals surface area contributed by atoms with Gasteiger partial charge in [0.25, 0.3) is 5.91 Å². The van der Waals surface area contributed by atoms with Gasteiger partial charge in [-0.25, -0.2) is 0 Å². The largest absolute Gasteiger partial charge is 0.457 e. The first-order valence-electron chi connectivity index (χ1n) is 8.56. The fourth-order valence-corrected chi connectivity index (χ4v) is 4.77. The van der Waals surface area contributed by atoms with Crippen LogP contribution in [-0.4, -0.2) is 21.2 Å². The van der Waals surface area contributed by atoms with Crippen LogP contribution in [0.15, 0.2) is 45.7 Å². The van der Waals surface area contributed by atoms with Gasteiger partial charge < -0.3 is 4.42 Å². The zero-order chi connectivity index (χ0) is 17.4. The van der Waals surface area contributed by atoms with E-state index in [-0.39, 0.29) is 11.9 Å². The molecule has 0 unspecified atom stereocenters. The summed E-state index contributed by atoms with van der Waals surface area (Å²) in [6, 6.07) is 12.3. The van der Waals surface area contributed by atoms with E-state index in [1.165, 1.54) is 30.2 Å². The van der Waals surface area contributed by atoms with Crippen LogP contribution < -0.4 is 0 Å². The van der Waals surface area contributed by atoms with E-state index >= 15 is 0 Å². The van der Waals surface area contributed by atoms with Gasteiger partial charge in [-0.3, -0.25) is 9.69 Å². The first-order valence-corrected chi connectivity index (χ1v) is 9.78. The Morgan fingerprint density at radius 1 is 1.16 bits per heavy atom. The van der Waals surface area contributed by atoms with Crippen molar-refractivity contribution in [3.63, 3.8) is 0 Å². The molecule has 3 nitrogen and oxygen atoms in total. The van der Waals surface area contributed by atoms with E-state index in [9.17, 15) is 4.79 Å². The highest BCUT2D eigenvalue weighted by Gasteiger charge is 2.38. The number of thiocarbonyl (C=S) groups is 1. The molecule has 128 valence electrons. The summed E-state index contributed by atoms with van der Waals surface area (Å²) in [6.45, 7) is 2.06. The predicted octanol–water partition coefficient (Wildman–Crippen LogP) is 5.40. The van der Waals surface area contributed by atoms with Crippen LogP contribution in [0, 0.1) is 6.92 Å². The number of hydrogen-bond acceptors (Lipinski definition) is 4. The maximum atomic E-state index is 12.7. The molecule has 2 aliphatic rings. The molecule has 0 N–H and O–H groups in total. The number of furan rings is 1. The van der Waals surface area contributed by atoms with Crippen LogP contribution in [0.4, 0.5) is 0 Å². The van der Waals surface area contributed by atoms with Gasteiger partial charge in [0.1, 0.15) is 15.8 Å². The first kappa shape index (κ1) is 16.6. The van der Waals surface area contributed by atoms with E-state index in [0.29, 0.717) is 15.0 Å². The van der Waals surface area contributed by atoms with Crippen molar-refractivity contribution in [1.82, 2.24) is 4.90 Å². The maximum absolute atomic E-state index is 12.7. The van der Waals surface area contributed by atoms with Gasteiger partial charge in [-0.05, 0) is 31.9 Å². The van der Waals surface area contributed by atoms with Crippen molar-refractivity contribution >= 4 is 40.3 Å². The van der Waals surface area contributed by atoms with E-state index in [1.54, 1.807) is 0 Å². The molecule has 1 aromatic carbocycles. The molecule has 1 aliphatic carbocycles. The summed E-state index contributed by atoms with van der Waals surface area (Å²) < 4.78 is 6.59. The Morgan fingerprint density at radius 3 is 2.60 bits per heavy atom. The van der Waals surface area contributed by atoms with Crippen LogP contribution in [0.3, 0.4) is 0 Å². The normalized spacial score (nSPS) is 20.2. The Kier molecular flexibility index (Phi) is 4.52. The monoisotopic (exact) mass is 369 g/mol. The molecular weight excluding hydrogens is 350 g/mol. The molecule has 2 fully saturated rings. The van der Waals surface area contributed by atoms with Crippen LogP contribution in [0.5, 0.6) is 0 Å². The molecule has 0 radical (unpaired) electrons. The topological polar surface area (TPSA) is 33.5 Å². The Hall–Kier alpha value is -1.85. The van der Waals surface area contributed by atoms with Crippen molar-refractivity contribution in [2.75, 3.05) is 0 Å². The number of carbonyl (C=O) groups excluding carboxylic acids is 1. The lowest BCUT2D eigenvalue weighted by atomic mass is 10.1. The summed E-state index contributed by atoms with van der Waals surface area (Å²) in [7, 11) is 0. The number of aryl methyl sites for hydroxylation is 1. The standard InChI is InChI=1S/C20H19NO2S2/c1-13-6-8-14(9-7-13)17-11-10-16(23-17)12-18-19(22)21(20(24)25-18)15-4-2-3-5-15/h6-12,15H,2-5H2,1H3/b18-12-. The molecule has 1 aliphatic heterocycles. The summed E-state index contributed by atoms with van der Waals surface area (Å²) in [5, 5.41) is 0. The van der Waals surface area contributed by atoms with E-state index in [1.807, 2.05) is 35.2 Å². The number of benzene rings is 1. The Morgan fingerprint density at radius 2 is 1.88 bits per heavy atom. The predicted molar refractivity (Wildman–Crippen MR) is 106 cm³/mol. The van der Waals surface area contributed by atoms with E-state index in [4.69, 9.17) is 16.6 Å². The third-order valence-corrected chi connectivity index (χ3v) is 6.08. The highest BCUT2D eigenvalue weighted by atomic mass is 32.2. The molecule has 5 heteroatoms. The average molecular weight is 370 g/mol. The molecule has 1 saturated carbocycles. The fourth-order valence-electron chi connectivity index (χ4n) is 3.39. The number of hydrogen-bond donors (Lipinski definition) is 0. The number of amides is 1. The van der Waals surface area contributed by atoms with Crippen LogP contribution >= 0.6 is 24.0 Å². The van der Waals surface area contributed by atoms with E-state index in [2.05, 4.69) is 19.1 Å². The lowest BCUT2D eigenvalue weighted by Crippen LogP contribution is -2.36. The molecule has 0 spiro atoms. The van der Waals surface area contributed by atoms with E-state index < -0.39 is 0 Å². The van der Waals surface area contributed by atoms with Crippen molar-refractivity contribution in [1.29, 1.82) is 0 Å². The SMILES string of the molecule is Cc1ccc(-c2ccc(/C=C3\SC(=S)N(C4CCCC4)C3=O)o2)cc1. The zero-order valence-electron chi connectivity index (χ0n) is 14.0. The zero-order valence-corrected chi connectivity index (χ0v) is 15.7. The van der Waals surface area contributed by atoms with Gasteiger partial charge in [0.15, 0.2) is 0 Å². The minimum atomic E-state index is 0.0233. The molecular formula is C20H19NO2S2. The highest BCUT2D eigenvalue weighted by molar-refractivity contribution is 8.26. The van der Waals surface area contributed by atoms with Crippen LogP contribution in [0.25, 0.3) is 17.4 Å². The molecule has 2 heterocycles. The quantitative estimate of drug-likeness (QED) is 0.536. The van der Waals surface area contributed by atoms with Crippen molar-refractivity contribution < 1.29 is 9.21 Å². The molecule has 0 atom stereocenters. The molecule has 1 saturated heterocycles. The molecule has 25 heavy (non-hydrogen) atoms. The van der Waals surface area contributed by atoms with Gasteiger partial charge in [0.05, 0.1) is 4.91 Å². The third-order valence-electron chi connectivity index (χ3n) is 4.75. The summed E-state index contributed by atoms with van der Waals surface area (Å²) in [5.74, 6) is 1.51. The van der Waals surface area contributed by atoms with Crippen molar-refractivity contribution in [3.8, 4) is 11.3 Å². The van der Waals surface area contributed by atoms with Crippen LogP contribution in [-0.2, 0) is 4.79 Å². The van der Waals surface area contributed by atoms with Gasteiger partial charge in [-0.15, -0.1) is 0 Å². The summed E-state index contributed by atoms with van der Waals surface area (Å²) in [5.41, 5.74) is 2.25. The molecule has 1 amide bonds. The average Bonchev–Trinajstić information content (AvgIpc) is 3.31. The van der Waals surface area contributed by atoms with Gasteiger partial charge in [-0.1, -0.05) is 66.7 Å².